The average Bonchev–Trinajstić information content (AvgIpc) is 3.22. The van der Waals surface area contributed by atoms with Crippen molar-refractivity contribution in [3.63, 3.8) is 0 Å². The maximum atomic E-state index is 6.60. The van der Waals surface area contributed by atoms with E-state index in [9.17, 15) is 0 Å². The number of nitrogens with one attached hydrogen (secondary N) is 1. The Hall–Kier alpha value is -2.84. The number of benzene rings is 3. The molecule has 0 aliphatic heterocycles. The second-order valence-corrected chi connectivity index (χ2v) is 8.99. The van der Waals surface area contributed by atoms with Crippen molar-refractivity contribution < 1.29 is 0 Å². The maximum Gasteiger partial charge on any atom is 0.138 e. The lowest BCUT2D eigenvalue weighted by molar-refractivity contribution is 0.534. The van der Waals surface area contributed by atoms with Crippen molar-refractivity contribution in [3.05, 3.63) is 94.8 Å². The third-order valence-electron chi connectivity index (χ3n) is 6.29. The van der Waals surface area contributed by atoms with Crippen LogP contribution in [0.5, 0.6) is 0 Å². The molecule has 0 aliphatic carbocycles. The van der Waals surface area contributed by atoms with Crippen LogP contribution in [-0.4, -0.2) is 9.97 Å². The standard InChI is InChI=1S/C28H29ClN2/c1-6-20-11-14-25(29)24(15-20)21-12-13-22(18(4)17(2)3)23(16-21)19(5)28-30-26-9-7-8-10-27(26)31-28/h7-18H,5-6H2,1-4H3,(H,30,31). The SMILES string of the molecule is C=C(c1nc2ccccc2[nH]1)c1cc(-c2cc(CC)ccc2Cl)ccc1C(C)C(C)C. The van der Waals surface area contributed by atoms with Gasteiger partial charge in [-0.2, -0.15) is 0 Å². The van der Waals surface area contributed by atoms with Crippen LogP contribution in [0.1, 0.15) is 56.1 Å². The molecule has 0 saturated heterocycles. The molecule has 3 aromatic carbocycles. The number of nitrogens with zero attached hydrogens (tertiary/aromatic N) is 1. The molecule has 0 fully saturated rings. The van der Waals surface area contributed by atoms with Crippen molar-refractivity contribution in [2.24, 2.45) is 5.92 Å². The Kier molecular flexibility index (Phi) is 6.02. The number of aryl methyl sites for hydroxylation is 1. The first-order valence-electron chi connectivity index (χ1n) is 11.0. The van der Waals surface area contributed by atoms with E-state index >= 15 is 0 Å². The predicted octanol–water partition coefficient (Wildman–Crippen LogP) is 8.27. The van der Waals surface area contributed by atoms with Crippen molar-refractivity contribution in [2.45, 2.75) is 40.0 Å². The molecular formula is C28H29ClN2. The summed E-state index contributed by atoms with van der Waals surface area (Å²) in [6.45, 7) is 13.4. The number of H-pyrrole nitrogens is 1. The summed E-state index contributed by atoms with van der Waals surface area (Å²) >= 11 is 6.60. The van der Waals surface area contributed by atoms with Gasteiger partial charge >= 0.3 is 0 Å². The van der Waals surface area contributed by atoms with E-state index in [4.69, 9.17) is 16.6 Å². The smallest absolute Gasteiger partial charge is 0.138 e. The van der Waals surface area contributed by atoms with Gasteiger partial charge in [-0.25, -0.2) is 4.98 Å². The van der Waals surface area contributed by atoms with Gasteiger partial charge in [0.05, 0.1) is 11.0 Å². The van der Waals surface area contributed by atoms with Gasteiger partial charge in [-0.1, -0.05) is 76.2 Å². The molecule has 4 aromatic rings. The van der Waals surface area contributed by atoms with E-state index in [2.05, 4.69) is 69.6 Å². The number of aromatic nitrogens is 2. The molecule has 1 N–H and O–H groups in total. The van der Waals surface area contributed by atoms with Crippen LogP contribution < -0.4 is 0 Å². The fourth-order valence-electron chi connectivity index (χ4n) is 3.98. The van der Waals surface area contributed by atoms with Gasteiger partial charge < -0.3 is 4.98 Å². The number of hydrogen-bond acceptors (Lipinski definition) is 1. The first-order chi connectivity index (χ1) is 14.9. The molecule has 1 atom stereocenters. The van der Waals surface area contributed by atoms with Gasteiger partial charge in [-0.15, -0.1) is 0 Å². The summed E-state index contributed by atoms with van der Waals surface area (Å²) in [6.07, 6.45) is 0.977. The van der Waals surface area contributed by atoms with Crippen LogP contribution in [0.2, 0.25) is 5.02 Å². The van der Waals surface area contributed by atoms with Crippen molar-refractivity contribution in [1.82, 2.24) is 9.97 Å². The molecule has 0 spiro atoms. The third kappa shape index (κ3) is 4.18. The van der Waals surface area contributed by atoms with Crippen molar-refractivity contribution in [2.75, 3.05) is 0 Å². The summed E-state index contributed by atoms with van der Waals surface area (Å²) in [4.78, 5) is 8.24. The second-order valence-electron chi connectivity index (χ2n) is 8.58. The lowest BCUT2D eigenvalue weighted by Crippen LogP contribution is -2.06. The van der Waals surface area contributed by atoms with Gasteiger partial charge in [0.1, 0.15) is 5.82 Å². The van der Waals surface area contributed by atoms with Gasteiger partial charge in [-0.05, 0) is 70.8 Å². The number of hydrogen-bond donors (Lipinski definition) is 1. The zero-order chi connectivity index (χ0) is 22.1. The zero-order valence-corrected chi connectivity index (χ0v) is 19.4. The maximum absolute atomic E-state index is 6.60. The van der Waals surface area contributed by atoms with E-state index in [1.54, 1.807) is 0 Å². The molecule has 1 heterocycles. The lowest BCUT2D eigenvalue weighted by Gasteiger charge is -2.22. The predicted molar refractivity (Wildman–Crippen MR) is 134 cm³/mol. The molecule has 1 unspecified atom stereocenters. The molecule has 4 rings (SSSR count). The highest BCUT2D eigenvalue weighted by atomic mass is 35.5. The molecule has 0 bridgehead atoms. The molecule has 0 aliphatic rings. The minimum Gasteiger partial charge on any atom is -0.338 e. The Balaban J connectivity index is 1.87. The Labute approximate surface area is 190 Å². The first kappa shape index (κ1) is 21.4. The van der Waals surface area contributed by atoms with E-state index in [0.29, 0.717) is 11.8 Å². The summed E-state index contributed by atoms with van der Waals surface area (Å²) < 4.78 is 0. The highest BCUT2D eigenvalue weighted by Crippen LogP contribution is 2.37. The Morgan fingerprint density at radius 2 is 1.81 bits per heavy atom. The van der Waals surface area contributed by atoms with Crippen molar-refractivity contribution >= 4 is 28.2 Å². The Bertz CT molecular complexity index is 1220. The van der Waals surface area contributed by atoms with Gasteiger partial charge in [0.25, 0.3) is 0 Å². The summed E-state index contributed by atoms with van der Waals surface area (Å²) in [7, 11) is 0. The highest BCUT2D eigenvalue weighted by Gasteiger charge is 2.19. The number of rotatable bonds is 6. The summed E-state index contributed by atoms with van der Waals surface area (Å²) in [5, 5.41) is 0.766. The second kappa shape index (κ2) is 8.72. The fourth-order valence-corrected chi connectivity index (χ4v) is 4.20. The van der Waals surface area contributed by atoms with E-state index in [0.717, 1.165) is 50.6 Å². The lowest BCUT2D eigenvalue weighted by atomic mass is 9.83. The zero-order valence-electron chi connectivity index (χ0n) is 18.7. The van der Waals surface area contributed by atoms with Crippen molar-refractivity contribution in [3.8, 4) is 11.1 Å². The van der Waals surface area contributed by atoms with Crippen LogP contribution >= 0.6 is 11.6 Å². The number of para-hydroxylation sites is 2. The van der Waals surface area contributed by atoms with Crippen LogP contribution in [0.4, 0.5) is 0 Å². The molecule has 3 heteroatoms. The monoisotopic (exact) mass is 428 g/mol. The number of fused-ring (bicyclic) bond motifs is 1. The summed E-state index contributed by atoms with van der Waals surface area (Å²) in [5.74, 6) is 1.71. The fraction of sp³-hybridized carbons (Fsp3) is 0.250. The number of aromatic amines is 1. The van der Waals surface area contributed by atoms with E-state index in [1.807, 2.05) is 30.3 Å². The minimum atomic E-state index is 0.391. The summed E-state index contributed by atoms with van der Waals surface area (Å²) in [5.41, 5.74) is 8.72. The Morgan fingerprint density at radius 3 is 2.52 bits per heavy atom. The summed E-state index contributed by atoms with van der Waals surface area (Å²) in [6, 6.07) is 21.0. The van der Waals surface area contributed by atoms with Crippen LogP contribution in [0, 0.1) is 5.92 Å². The molecule has 158 valence electrons. The molecule has 31 heavy (non-hydrogen) atoms. The van der Waals surface area contributed by atoms with Gasteiger partial charge in [-0.3, -0.25) is 0 Å². The first-order valence-corrected chi connectivity index (χ1v) is 11.3. The van der Waals surface area contributed by atoms with Crippen molar-refractivity contribution in [1.29, 1.82) is 0 Å². The number of halogens is 1. The van der Waals surface area contributed by atoms with Crippen LogP contribution in [0.15, 0.2) is 67.2 Å². The minimum absolute atomic E-state index is 0.391. The molecule has 2 nitrogen and oxygen atoms in total. The molecular weight excluding hydrogens is 400 g/mol. The van der Waals surface area contributed by atoms with Gasteiger partial charge in [0.15, 0.2) is 0 Å². The molecule has 0 saturated carbocycles. The van der Waals surface area contributed by atoms with Gasteiger partial charge in [0, 0.05) is 16.2 Å². The molecule has 0 radical (unpaired) electrons. The molecule has 1 aromatic heterocycles. The van der Waals surface area contributed by atoms with E-state index in [-0.39, 0.29) is 0 Å². The largest absolute Gasteiger partial charge is 0.338 e. The highest BCUT2D eigenvalue weighted by molar-refractivity contribution is 6.33. The van der Waals surface area contributed by atoms with Crippen LogP contribution in [0.3, 0.4) is 0 Å². The molecule has 0 amide bonds. The average molecular weight is 429 g/mol. The topological polar surface area (TPSA) is 28.7 Å². The normalized spacial score (nSPS) is 12.5. The van der Waals surface area contributed by atoms with Crippen LogP contribution in [-0.2, 0) is 6.42 Å². The third-order valence-corrected chi connectivity index (χ3v) is 6.62. The quantitative estimate of drug-likeness (QED) is 0.329. The van der Waals surface area contributed by atoms with Crippen LogP contribution in [0.25, 0.3) is 27.7 Å². The van der Waals surface area contributed by atoms with E-state index < -0.39 is 0 Å². The van der Waals surface area contributed by atoms with E-state index in [1.165, 1.54) is 11.1 Å². The number of imidazole rings is 1. The van der Waals surface area contributed by atoms with Gasteiger partial charge in [0.2, 0.25) is 0 Å². The Morgan fingerprint density at radius 1 is 1.03 bits per heavy atom.